The van der Waals surface area contributed by atoms with E-state index in [1.54, 1.807) is 12.1 Å². The van der Waals surface area contributed by atoms with E-state index in [0.29, 0.717) is 0 Å². The van der Waals surface area contributed by atoms with Crippen LogP contribution in [0, 0.1) is 10.1 Å². The van der Waals surface area contributed by atoms with Gasteiger partial charge in [0, 0.05) is 17.2 Å². The molecule has 0 saturated heterocycles. The molecule has 0 aliphatic rings. The average molecular weight is 182 g/mol. The number of hydrogen-bond acceptors (Lipinski definition) is 5. The van der Waals surface area contributed by atoms with Crippen LogP contribution in [-0.2, 0) is 4.79 Å². The lowest BCUT2D eigenvalue weighted by Crippen LogP contribution is -2.19. The highest BCUT2D eigenvalue weighted by Gasteiger charge is 2.11. The Morgan fingerprint density at radius 2 is 2.38 bits per heavy atom. The molecule has 0 spiro atoms. The van der Waals surface area contributed by atoms with Gasteiger partial charge in [0.2, 0.25) is 5.88 Å². The lowest BCUT2D eigenvalue weighted by atomic mass is 10.5. The van der Waals surface area contributed by atoms with Gasteiger partial charge >= 0.3 is 5.97 Å². The maximum Gasteiger partial charge on any atom is 0.385 e. The third kappa shape index (κ3) is 3.28. The molecule has 0 saturated carbocycles. The molecule has 0 unspecified atom stereocenters. The summed E-state index contributed by atoms with van der Waals surface area (Å²) in [6.45, 7) is -0.851. The van der Waals surface area contributed by atoms with Gasteiger partial charge < -0.3 is 4.74 Å². The van der Waals surface area contributed by atoms with E-state index in [9.17, 15) is 14.9 Å². The Balaban J connectivity index is 2.50. The minimum Gasteiger partial charge on any atom is -0.403 e. The molecule has 0 amide bonds. The summed E-state index contributed by atoms with van der Waals surface area (Å²) in [6.07, 6.45) is 1.43. The van der Waals surface area contributed by atoms with Crippen LogP contribution in [0.4, 0.5) is 0 Å². The van der Waals surface area contributed by atoms with E-state index in [-0.39, 0.29) is 5.88 Å². The Hall–Kier alpha value is -1.98. The first-order valence-corrected chi connectivity index (χ1v) is 3.42. The van der Waals surface area contributed by atoms with Crippen molar-refractivity contribution in [3.05, 3.63) is 34.5 Å². The molecule has 13 heavy (non-hydrogen) atoms. The van der Waals surface area contributed by atoms with Gasteiger partial charge in [-0.25, -0.2) is 9.78 Å². The number of nitro groups is 1. The maximum atomic E-state index is 10.7. The van der Waals surface area contributed by atoms with Crippen molar-refractivity contribution in [1.82, 2.24) is 4.98 Å². The second-order valence-corrected chi connectivity index (χ2v) is 2.13. The summed E-state index contributed by atoms with van der Waals surface area (Å²) in [7, 11) is 0. The van der Waals surface area contributed by atoms with Gasteiger partial charge in [0.05, 0.1) is 0 Å². The fourth-order valence-electron chi connectivity index (χ4n) is 0.662. The van der Waals surface area contributed by atoms with E-state index in [2.05, 4.69) is 9.72 Å². The van der Waals surface area contributed by atoms with Gasteiger partial charge in [-0.2, -0.15) is 0 Å². The van der Waals surface area contributed by atoms with Crippen molar-refractivity contribution in [3.63, 3.8) is 0 Å². The molecule has 0 aromatic carbocycles. The topological polar surface area (TPSA) is 82.3 Å². The zero-order chi connectivity index (χ0) is 9.68. The average Bonchev–Trinajstić information content (AvgIpc) is 2.04. The van der Waals surface area contributed by atoms with Crippen LogP contribution in [0.15, 0.2) is 24.4 Å². The Bertz CT molecular complexity index is 312. The van der Waals surface area contributed by atoms with E-state index >= 15 is 0 Å². The minimum absolute atomic E-state index is 0.0642. The first-order valence-electron chi connectivity index (χ1n) is 3.42. The Morgan fingerprint density at radius 1 is 1.62 bits per heavy atom. The summed E-state index contributed by atoms with van der Waals surface area (Å²) >= 11 is 0. The molecule has 6 nitrogen and oxygen atoms in total. The Kier molecular flexibility index (Phi) is 2.91. The molecule has 1 rings (SSSR count). The summed E-state index contributed by atoms with van der Waals surface area (Å²) in [5, 5.41) is 9.88. The third-order valence-electron chi connectivity index (χ3n) is 1.11. The highest BCUT2D eigenvalue weighted by Crippen LogP contribution is 2.02. The van der Waals surface area contributed by atoms with Crippen LogP contribution in [0.1, 0.15) is 0 Å². The first kappa shape index (κ1) is 9.11. The van der Waals surface area contributed by atoms with E-state index in [1.807, 2.05) is 0 Å². The van der Waals surface area contributed by atoms with Crippen molar-refractivity contribution >= 4 is 5.97 Å². The van der Waals surface area contributed by atoms with Gasteiger partial charge in [-0.1, -0.05) is 6.07 Å². The van der Waals surface area contributed by atoms with Gasteiger partial charge in [-0.15, -0.1) is 0 Å². The Morgan fingerprint density at radius 3 is 2.92 bits per heavy atom. The standard InChI is InChI=1S/C7H6N2O4/c10-7(5-9(11)12)13-6-3-1-2-4-8-6/h1-4H,5H2. The molecule has 1 aromatic rings. The summed E-state index contributed by atoms with van der Waals surface area (Å²) in [4.78, 5) is 23.5. The highest BCUT2D eigenvalue weighted by molar-refractivity contribution is 5.72. The molecule has 6 heteroatoms. The van der Waals surface area contributed by atoms with Gasteiger partial charge in [0.25, 0.3) is 6.54 Å². The number of esters is 1. The van der Waals surface area contributed by atoms with E-state index in [1.165, 1.54) is 12.3 Å². The van der Waals surface area contributed by atoms with Crippen LogP contribution >= 0.6 is 0 Å². The van der Waals surface area contributed by atoms with Crippen molar-refractivity contribution in [2.75, 3.05) is 6.54 Å². The second-order valence-electron chi connectivity index (χ2n) is 2.13. The van der Waals surface area contributed by atoms with E-state index in [4.69, 9.17) is 0 Å². The van der Waals surface area contributed by atoms with Crippen molar-refractivity contribution < 1.29 is 14.5 Å². The van der Waals surface area contributed by atoms with Gasteiger partial charge in [0.15, 0.2) is 0 Å². The largest absolute Gasteiger partial charge is 0.403 e. The van der Waals surface area contributed by atoms with Gasteiger partial charge in [-0.3, -0.25) is 10.1 Å². The van der Waals surface area contributed by atoms with Crippen molar-refractivity contribution in [2.24, 2.45) is 0 Å². The van der Waals surface area contributed by atoms with Gasteiger partial charge in [-0.05, 0) is 6.07 Å². The fraction of sp³-hybridized carbons (Fsp3) is 0.143. The highest BCUT2D eigenvalue weighted by atomic mass is 16.6. The molecule has 0 fully saturated rings. The summed E-state index contributed by atoms with van der Waals surface area (Å²) in [5.74, 6) is -0.863. The lowest BCUT2D eigenvalue weighted by molar-refractivity contribution is -0.469. The fourth-order valence-corrected chi connectivity index (χ4v) is 0.662. The molecular weight excluding hydrogens is 176 g/mol. The number of hydrogen-bond donors (Lipinski definition) is 0. The van der Waals surface area contributed by atoms with Crippen molar-refractivity contribution in [3.8, 4) is 5.88 Å². The molecule has 0 bridgehead atoms. The molecule has 0 radical (unpaired) electrons. The molecule has 1 aromatic heterocycles. The minimum atomic E-state index is -0.927. The van der Waals surface area contributed by atoms with Crippen LogP contribution in [0.5, 0.6) is 5.88 Å². The number of carbonyl (C=O) groups is 1. The molecular formula is C7H6N2O4. The normalized spacial score (nSPS) is 9.23. The van der Waals surface area contributed by atoms with E-state index < -0.39 is 17.4 Å². The first-order chi connectivity index (χ1) is 6.18. The molecule has 0 N–H and O–H groups in total. The second kappa shape index (κ2) is 4.15. The zero-order valence-electron chi connectivity index (χ0n) is 6.54. The molecule has 1 heterocycles. The summed E-state index contributed by atoms with van der Waals surface area (Å²) < 4.78 is 4.53. The van der Waals surface area contributed by atoms with Crippen LogP contribution < -0.4 is 4.74 Å². The van der Waals surface area contributed by atoms with Crippen molar-refractivity contribution in [1.29, 1.82) is 0 Å². The molecule has 0 atom stereocenters. The molecule has 68 valence electrons. The quantitative estimate of drug-likeness (QED) is 0.380. The number of pyridine rings is 1. The summed E-state index contributed by atoms with van der Waals surface area (Å²) in [6, 6.07) is 4.70. The zero-order valence-corrected chi connectivity index (χ0v) is 6.54. The smallest absolute Gasteiger partial charge is 0.385 e. The number of carbonyl (C=O) groups excluding carboxylic acids is 1. The van der Waals surface area contributed by atoms with Crippen LogP contribution in [0.3, 0.4) is 0 Å². The number of ether oxygens (including phenoxy) is 1. The monoisotopic (exact) mass is 182 g/mol. The number of rotatable bonds is 3. The van der Waals surface area contributed by atoms with Crippen molar-refractivity contribution in [2.45, 2.75) is 0 Å². The number of aromatic nitrogens is 1. The maximum absolute atomic E-state index is 10.7. The van der Waals surface area contributed by atoms with Gasteiger partial charge in [0.1, 0.15) is 0 Å². The van der Waals surface area contributed by atoms with Crippen LogP contribution in [0.25, 0.3) is 0 Å². The molecule has 0 aliphatic heterocycles. The number of nitrogens with zero attached hydrogens (tertiary/aromatic N) is 2. The summed E-state index contributed by atoms with van der Waals surface area (Å²) in [5.41, 5.74) is 0. The van der Waals surface area contributed by atoms with E-state index in [0.717, 1.165) is 0 Å². The SMILES string of the molecule is O=C(C[N+](=O)[O-])Oc1ccccn1. The van der Waals surface area contributed by atoms with Crippen LogP contribution in [0.2, 0.25) is 0 Å². The lowest BCUT2D eigenvalue weighted by Gasteiger charge is -1.97. The predicted octanol–water partition coefficient (Wildman–Crippen LogP) is 0.264. The predicted molar refractivity (Wildman–Crippen MR) is 41.7 cm³/mol. The third-order valence-corrected chi connectivity index (χ3v) is 1.11. The van der Waals surface area contributed by atoms with Crippen LogP contribution in [-0.4, -0.2) is 22.4 Å². The Labute approximate surface area is 73.3 Å². The molecule has 0 aliphatic carbocycles.